The van der Waals surface area contributed by atoms with Crippen molar-refractivity contribution < 1.29 is 24.3 Å². The second-order valence-electron chi connectivity index (χ2n) is 5.42. The highest BCUT2D eigenvalue weighted by molar-refractivity contribution is 6.05. The van der Waals surface area contributed by atoms with Crippen LogP contribution in [0, 0.1) is 0 Å². The summed E-state index contributed by atoms with van der Waals surface area (Å²) in [7, 11) is 0. The molecule has 1 atom stereocenters. The number of hydroxylamine groups is 2. The fourth-order valence-corrected chi connectivity index (χ4v) is 2.40. The number of hydrogen-bond acceptors (Lipinski definition) is 5. The monoisotopic (exact) mass is 327 g/mol. The summed E-state index contributed by atoms with van der Waals surface area (Å²) in [4.78, 5) is 29.9. The van der Waals surface area contributed by atoms with E-state index in [1.54, 1.807) is 12.1 Å². The minimum atomic E-state index is -0.717. The summed E-state index contributed by atoms with van der Waals surface area (Å²) < 4.78 is 5.29. The molecule has 0 aromatic heterocycles. The summed E-state index contributed by atoms with van der Waals surface area (Å²) >= 11 is 0. The summed E-state index contributed by atoms with van der Waals surface area (Å²) in [6, 6.07) is 15.7. The Bertz CT molecular complexity index is 731. The molecule has 1 fully saturated rings. The molecule has 124 valence electrons. The quantitative estimate of drug-likeness (QED) is 0.867. The number of benzene rings is 2. The molecule has 24 heavy (non-hydrogen) atoms. The van der Waals surface area contributed by atoms with Crippen molar-refractivity contribution >= 4 is 11.9 Å². The third-order valence-electron chi connectivity index (χ3n) is 3.62. The van der Waals surface area contributed by atoms with Gasteiger partial charge in [0.25, 0.3) is 5.91 Å². The van der Waals surface area contributed by atoms with Crippen LogP contribution in [0.2, 0.25) is 0 Å². The van der Waals surface area contributed by atoms with Gasteiger partial charge in [-0.25, -0.2) is 9.86 Å². The first kappa shape index (κ1) is 16.2. The van der Waals surface area contributed by atoms with Crippen LogP contribution in [0.4, 0.5) is 0 Å². The van der Waals surface area contributed by atoms with Gasteiger partial charge in [-0.05, 0) is 17.7 Å². The van der Waals surface area contributed by atoms with E-state index in [1.807, 2.05) is 30.3 Å². The first-order chi connectivity index (χ1) is 11.6. The van der Waals surface area contributed by atoms with Crippen molar-refractivity contribution in [3.05, 3.63) is 71.3 Å². The van der Waals surface area contributed by atoms with Crippen molar-refractivity contribution in [1.82, 2.24) is 5.06 Å². The van der Waals surface area contributed by atoms with E-state index in [1.165, 1.54) is 12.1 Å². The fraction of sp³-hybridized carbons (Fsp3) is 0.222. The Kier molecular flexibility index (Phi) is 4.88. The van der Waals surface area contributed by atoms with Crippen LogP contribution in [-0.2, 0) is 16.2 Å². The van der Waals surface area contributed by atoms with E-state index in [2.05, 4.69) is 0 Å². The first-order valence-electron chi connectivity index (χ1n) is 7.58. The number of ether oxygens (including phenoxy) is 1. The zero-order valence-corrected chi connectivity index (χ0v) is 12.9. The number of carbonyl (C=O) groups is 2. The molecule has 0 radical (unpaired) electrons. The number of carbonyl (C=O) groups excluding carboxylic acids is 2. The van der Waals surface area contributed by atoms with Crippen molar-refractivity contribution in [2.24, 2.45) is 0 Å². The number of amides is 1. The minimum Gasteiger partial charge on any atom is -0.457 e. The Hall–Kier alpha value is -2.70. The third-order valence-corrected chi connectivity index (χ3v) is 3.62. The van der Waals surface area contributed by atoms with Gasteiger partial charge in [-0.3, -0.25) is 9.63 Å². The number of hydrogen-bond donors (Lipinski definition) is 1. The molecule has 0 unspecified atom stereocenters. The Morgan fingerprint density at radius 2 is 1.75 bits per heavy atom. The Morgan fingerprint density at radius 3 is 2.42 bits per heavy atom. The van der Waals surface area contributed by atoms with Gasteiger partial charge in [-0.15, -0.1) is 0 Å². The summed E-state index contributed by atoms with van der Waals surface area (Å²) in [6.07, 6.45) is -0.717. The van der Waals surface area contributed by atoms with Gasteiger partial charge in [-0.2, -0.15) is 0 Å². The van der Waals surface area contributed by atoms with Crippen LogP contribution in [0.25, 0.3) is 0 Å². The molecule has 2 aromatic rings. The van der Waals surface area contributed by atoms with Crippen molar-refractivity contribution in [2.75, 3.05) is 13.2 Å². The molecule has 0 bridgehead atoms. The fourth-order valence-electron chi connectivity index (χ4n) is 2.40. The summed E-state index contributed by atoms with van der Waals surface area (Å²) in [5, 5.41) is 10.5. The van der Waals surface area contributed by atoms with Crippen molar-refractivity contribution in [3.8, 4) is 0 Å². The van der Waals surface area contributed by atoms with Crippen LogP contribution >= 0.6 is 0 Å². The molecule has 0 saturated carbocycles. The highest BCUT2D eigenvalue weighted by atomic mass is 16.7. The van der Waals surface area contributed by atoms with Gasteiger partial charge in [-0.1, -0.05) is 42.5 Å². The average molecular weight is 327 g/mol. The van der Waals surface area contributed by atoms with E-state index in [0.717, 1.165) is 10.6 Å². The molecular weight excluding hydrogens is 310 g/mol. The molecule has 1 aliphatic heterocycles. The molecule has 3 rings (SSSR count). The van der Waals surface area contributed by atoms with Gasteiger partial charge < -0.3 is 9.84 Å². The predicted molar refractivity (Wildman–Crippen MR) is 85.0 cm³/mol. The van der Waals surface area contributed by atoms with E-state index < -0.39 is 18.0 Å². The van der Waals surface area contributed by atoms with Gasteiger partial charge in [0.15, 0.2) is 0 Å². The lowest BCUT2D eigenvalue weighted by Crippen LogP contribution is -2.30. The molecule has 6 heteroatoms. The van der Waals surface area contributed by atoms with Crippen LogP contribution in [0.1, 0.15) is 26.3 Å². The number of rotatable bonds is 4. The number of aliphatic hydroxyl groups is 1. The van der Waals surface area contributed by atoms with Gasteiger partial charge >= 0.3 is 5.97 Å². The maximum absolute atomic E-state index is 12.5. The van der Waals surface area contributed by atoms with Crippen LogP contribution in [-0.4, -0.2) is 41.3 Å². The molecule has 1 N–H and O–H groups in total. The highest BCUT2D eigenvalue weighted by Gasteiger charge is 2.29. The number of aliphatic hydroxyl groups excluding tert-OH is 1. The lowest BCUT2D eigenvalue weighted by molar-refractivity contribution is -0.0780. The van der Waals surface area contributed by atoms with E-state index in [4.69, 9.17) is 9.57 Å². The maximum Gasteiger partial charge on any atom is 0.339 e. The van der Waals surface area contributed by atoms with Gasteiger partial charge in [0, 0.05) is 0 Å². The topological polar surface area (TPSA) is 76.1 Å². The van der Waals surface area contributed by atoms with Crippen LogP contribution in [0.5, 0.6) is 0 Å². The highest BCUT2D eigenvalue weighted by Crippen LogP contribution is 2.17. The Balaban J connectivity index is 1.73. The lowest BCUT2D eigenvalue weighted by Gasteiger charge is -2.16. The zero-order chi connectivity index (χ0) is 16.9. The molecule has 1 saturated heterocycles. The first-order valence-corrected chi connectivity index (χ1v) is 7.58. The number of β-amino-alcohol motifs (C(OH)–C–C–N with tert-alkyl or cyclic N) is 1. The van der Waals surface area contributed by atoms with Crippen molar-refractivity contribution in [2.45, 2.75) is 12.7 Å². The molecule has 6 nitrogen and oxygen atoms in total. The van der Waals surface area contributed by atoms with E-state index in [9.17, 15) is 14.7 Å². The molecule has 2 aromatic carbocycles. The van der Waals surface area contributed by atoms with E-state index in [0.29, 0.717) is 0 Å². The average Bonchev–Trinajstić information content (AvgIpc) is 3.06. The van der Waals surface area contributed by atoms with Gasteiger partial charge in [0.2, 0.25) is 0 Å². The van der Waals surface area contributed by atoms with Crippen LogP contribution < -0.4 is 0 Å². The third kappa shape index (κ3) is 3.61. The molecule has 1 aliphatic rings. The zero-order valence-electron chi connectivity index (χ0n) is 12.9. The van der Waals surface area contributed by atoms with Crippen molar-refractivity contribution in [3.63, 3.8) is 0 Å². The van der Waals surface area contributed by atoms with Gasteiger partial charge in [0.1, 0.15) is 19.3 Å². The number of nitrogens with zero attached hydrogens (tertiary/aromatic N) is 1. The van der Waals surface area contributed by atoms with Crippen LogP contribution in [0.3, 0.4) is 0 Å². The SMILES string of the molecule is O=C(OCc1ccccc1)c1ccccc1C(=O)N1C[C@H](O)CO1. The summed E-state index contributed by atoms with van der Waals surface area (Å²) in [6.45, 7) is 0.264. The number of esters is 1. The smallest absolute Gasteiger partial charge is 0.339 e. The Labute approximate surface area is 139 Å². The second-order valence-corrected chi connectivity index (χ2v) is 5.42. The second kappa shape index (κ2) is 7.25. The maximum atomic E-state index is 12.5. The van der Waals surface area contributed by atoms with Crippen molar-refractivity contribution in [1.29, 1.82) is 0 Å². The molecule has 1 heterocycles. The van der Waals surface area contributed by atoms with Crippen LogP contribution in [0.15, 0.2) is 54.6 Å². The van der Waals surface area contributed by atoms with Gasteiger partial charge in [0.05, 0.1) is 17.7 Å². The molecular formula is C18H17NO5. The Morgan fingerprint density at radius 1 is 1.08 bits per heavy atom. The largest absolute Gasteiger partial charge is 0.457 e. The molecule has 0 spiro atoms. The molecule has 1 amide bonds. The normalized spacial score (nSPS) is 16.9. The summed E-state index contributed by atoms with van der Waals surface area (Å²) in [5.74, 6) is -1.05. The summed E-state index contributed by atoms with van der Waals surface area (Å²) in [5.41, 5.74) is 1.22. The minimum absolute atomic E-state index is 0.0619. The molecule has 0 aliphatic carbocycles. The predicted octanol–water partition coefficient (Wildman–Crippen LogP) is 1.79. The van der Waals surface area contributed by atoms with E-state index in [-0.39, 0.29) is 30.9 Å². The lowest BCUT2D eigenvalue weighted by atomic mass is 10.1. The standard InChI is InChI=1S/C18H17NO5/c20-14-10-19(24-12-14)17(21)15-8-4-5-9-16(15)18(22)23-11-13-6-2-1-3-7-13/h1-9,14,20H,10-12H2/t14-/m0/s1. The van der Waals surface area contributed by atoms with E-state index >= 15 is 0 Å².